The summed E-state index contributed by atoms with van der Waals surface area (Å²) in [6.45, 7) is 5.85. The lowest BCUT2D eigenvalue weighted by Gasteiger charge is -2.16. The lowest BCUT2D eigenvalue weighted by molar-refractivity contribution is 0.102. The standard InChI is InChI=1S/C21H23N5O3/c1-5-29-21(28)25(4)17-11-9-16(10-12-17)22-20(27)19-15(3)26(24-23-19)18-8-6-7-14(2)13-18/h6-13H,5H2,1-4H3,(H,22,27). The second-order valence-corrected chi connectivity index (χ2v) is 6.53. The van der Waals surface area contributed by atoms with Crippen molar-refractivity contribution >= 4 is 23.4 Å². The van der Waals surface area contributed by atoms with E-state index >= 15 is 0 Å². The van der Waals surface area contributed by atoms with Crippen molar-refractivity contribution in [2.45, 2.75) is 20.8 Å². The van der Waals surface area contributed by atoms with Gasteiger partial charge in [-0.3, -0.25) is 9.69 Å². The molecule has 8 heteroatoms. The molecule has 0 aliphatic rings. The summed E-state index contributed by atoms with van der Waals surface area (Å²) in [5.74, 6) is -0.354. The van der Waals surface area contributed by atoms with Gasteiger partial charge in [0.05, 0.1) is 18.0 Å². The highest BCUT2D eigenvalue weighted by atomic mass is 16.6. The minimum absolute atomic E-state index is 0.249. The number of nitrogens with zero attached hydrogens (tertiary/aromatic N) is 4. The van der Waals surface area contributed by atoms with E-state index in [1.807, 2.05) is 31.2 Å². The SMILES string of the molecule is CCOC(=O)N(C)c1ccc(NC(=O)c2nnn(-c3cccc(C)c3)c2C)cc1. The Kier molecular flexibility index (Phi) is 5.92. The van der Waals surface area contributed by atoms with Gasteiger partial charge in [-0.1, -0.05) is 17.3 Å². The number of carbonyl (C=O) groups excluding carboxylic acids is 2. The molecule has 0 saturated heterocycles. The molecule has 0 aliphatic carbocycles. The number of aryl methyl sites for hydroxylation is 1. The van der Waals surface area contributed by atoms with Gasteiger partial charge < -0.3 is 10.1 Å². The molecule has 1 aromatic heterocycles. The third-order valence-corrected chi connectivity index (χ3v) is 4.41. The van der Waals surface area contributed by atoms with Crippen LogP contribution in [0, 0.1) is 13.8 Å². The second kappa shape index (κ2) is 8.55. The number of ether oxygens (including phenoxy) is 1. The van der Waals surface area contributed by atoms with Crippen molar-refractivity contribution < 1.29 is 14.3 Å². The molecule has 0 radical (unpaired) electrons. The summed E-state index contributed by atoms with van der Waals surface area (Å²) in [6, 6.07) is 14.7. The summed E-state index contributed by atoms with van der Waals surface area (Å²) in [5, 5.41) is 11.0. The van der Waals surface area contributed by atoms with Crippen molar-refractivity contribution in [3.8, 4) is 5.69 Å². The lowest BCUT2D eigenvalue weighted by atomic mass is 10.2. The second-order valence-electron chi connectivity index (χ2n) is 6.53. The number of hydrogen-bond donors (Lipinski definition) is 1. The summed E-state index contributed by atoms with van der Waals surface area (Å²) in [7, 11) is 1.62. The van der Waals surface area contributed by atoms with Crippen molar-refractivity contribution in [2.75, 3.05) is 23.9 Å². The number of anilines is 2. The van der Waals surface area contributed by atoms with Gasteiger partial charge in [0.1, 0.15) is 0 Å². The van der Waals surface area contributed by atoms with Crippen molar-refractivity contribution in [3.05, 3.63) is 65.5 Å². The molecule has 3 rings (SSSR count). The Hall–Kier alpha value is -3.68. The van der Waals surface area contributed by atoms with Crippen LogP contribution in [0.25, 0.3) is 5.69 Å². The summed E-state index contributed by atoms with van der Waals surface area (Å²) in [4.78, 5) is 25.8. The molecular weight excluding hydrogens is 370 g/mol. The van der Waals surface area contributed by atoms with Crippen LogP contribution in [0.1, 0.15) is 28.7 Å². The van der Waals surface area contributed by atoms with E-state index in [0.717, 1.165) is 11.3 Å². The molecule has 1 heterocycles. The highest BCUT2D eigenvalue weighted by Gasteiger charge is 2.18. The molecule has 150 valence electrons. The van der Waals surface area contributed by atoms with Gasteiger partial charge in [0.15, 0.2) is 5.69 Å². The summed E-state index contributed by atoms with van der Waals surface area (Å²) < 4.78 is 6.61. The van der Waals surface area contributed by atoms with Crippen LogP contribution in [0.5, 0.6) is 0 Å². The van der Waals surface area contributed by atoms with Gasteiger partial charge >= 0.3 is 6.09 Å². The summed E-state index contributed by atoms with van der Waals surface area (Å²) in [6.07, 6.45) is -0.437. The van der Waals surface area contributed by atoms with E-state index in [2.05, 4.69) is 15.6 Å². The minimum atomic E-state index is -0.437. The Morgan fingerprint density at radius 3 is 2.52 bits per heavy atom. The zero-order valence-corrected chi connectivity index (χ0v) is 16.8. The third-order valence-electron chi connectivity index (χ3n) is 4.41. The molecule has 0 bridgehead atoms. The van der Waals surface area contributed by atoms with E-state index in [4.69, 9.17) is 4.74 Å². The zero-order valence-electron chi connectivity index (χ0n) is 16.8. The molecule has 0 aliphatic heterocycles. The quantitative estimate of drug-likeness (QED) is 0.713. The molecule has 0 fully saturated rings. The van der Waals surface area contributed by atoms with Gasteiger partial charge in [0.25, 0.3) is 5.91 Å². The first-order chi connectivity index (χ1) is 13.9. The van der Waals surface area contributed by atoms with E-state index in [0.29, 0.717) is 23.7 Å². The van der Waals surface area contributed by atoms with Crippen LogP contribution in [0.4, 0.5) is 16.2 Å². The monoisotopic (exact) mass is 393 g/mol. The normalized spacial score (nSPS) is 10.5. The van der Waals surface area contributed by atoms with Gasteiger partial charge in [0.2, 0.25) is 0 Å². The lowest BCUT2D eigenvalue weighted by Crippen LogP contribution is -2.26. The predicted molar refractivity (Wildman–Crippen MR) is 111 cm³/mol. The first kappa shape index (κ1) is 20.1. The molecular formula is C21H23N5O3. The van der Waals surface area contributed by atoms with Gasteiger partial charge in [-0.15, -0.1) is 5.10 Å². The maximum absolute atomic E-state index is 12.6. The number of aromatic nitrogens is 3. The Balaban J connectivity index is 1.73. The number of benzene rings is 2. The fourth-order valence-electron chi connectivity index (χ4n) is 2.83. The summed E-state index contributed by atoms with van der Waals surface area (Å²) in [5.41, 5.74) is 4.08. The zero-order chi connectivity index (χ0) is 21.0. The van der Waals surface area contributed by atoms with Crippen LogP contribution in [-0.2, 0) is 4.74 Å². The van der Waals surface area contributed by atoms with Gasteiger partial charge in [-0.2, -0.15) is 0 Å². The average Bonchev–Trinajstić information content (AvgIpc) is 3.09. The summed E-state index contributed by atoms with van der Waals surface area (Å²) >= 11 is 0. The number of amides is 2. The van der Waals surface area contributed by atoms with Gasteiger partial charge in [0, 0.05) is 18.4 Å². The Morgan fingerprint density at radius 2 is 1.86 bits per heavy atom. The fraction of sp³-hybridized carbons (Fsp3) is 0.238. The van der Waals surface area contributed by atoms with E-state index < -0.39 is 6.09 Å². The van der Waals surface area contributed by atoms with E-state index in [1.165, 1.54) is 4.90 Å². The van der Waals surface area contributed by atoms with E-state index in [1.54, 1.807) is 49.8 Å². The molecule has 0 saturated carbocycles. The molecule has 3 aromatic rings. The molecule has 0 spiro atoms. The topological polar surface area (TPSA) is 89.3 Å². The highest BCUT2D eigenvalue weighted by Crippen LogP contribution is 2.19. The van der Waals surface area contributed by atoms with Crippen LogP contribution < -0.4 is 10.2 Å². The maximum atomic E-state index is 12.6. The smallest absolute Gasteiger partial charge is 0.413 e. The molecule has 0 unspecified atom stereocenters. The largest absolute Gasteiger partial charge is 0.449 e. The Morgan fingerprint density at radius 1 is 1.14 bits per heavy atom. The van der Waals surface area contributed by atoms with Crippen molar-refractivity contribution in [1.29, 1.82) is 0 Å². The van der Waals surface area contributed by atoms with Crippen molar-refractivity contribution in [3.63, 3.8) is 0 Å². The first-order valence-corrected chi connectivity index (χ1v) is 9.22. The molecule has 8 nitrogen and oxygen atoms in total. The number of rotatable bonds is 5. The Bertz CT molecular complexity index is 1030. The molecule has 0 atom stereocenters. The van der Waals surface area contributed by atoms with Crippen LogP contribution in [0.15, 0.2) is 48.5 Å². The van der Waals surface area contributed by atoms with Gasteiger partial charge in [-0.25, -0.2) is 9.48 Å². The van der Waals surface area contributed by atoms with Gasteiger partial charge in [-0.05, 0) is 62.7 Å². The van der Waals surface area contributed by atoms with Crippen molar-refractivity contribution in [2.24, 2.45) is 0 Å². The van der Waals surface area contributed by atoms with Crippen molar-refractivity contribution in [1.82, 2.24) is 15.0 Å². The van der Waals surface area contributed by atoms with E-state index in [-0.39, 0.29) is 11.6 Å². The number of nitrogens with one attached hydrogen (secondary N) is 1. The van der Waals surface area contributed by atoms with Crippen LogP contribution >= 0.6 is 0 Å². The molecule has 2 amide bonds. The fourth-order valence-corrected chi connectivity index (χ4v) is 2.83. The maximum Gasteiger partial charge on any atom is 0.413 e. The first-order valence-electron chi connectivity index (χ1n) is 9.22. The minimum Gasteiger partial charge on any atom is -0.449 e. The average molecular weight is 393 g/mol. The van der Waals surface area contributed by atoms with E-state index in [9.17, 15) is 9.59 Å². The third kappa shape index (κ3) is 4.43. The highest BCUT2D eigenvalue weighted by molar-refractivity contribution is 6.03. The van der Waals surface area contributed by atoms with Crippen LogP contribution in [0.3, 0.4) is 0 Å². The molecule has 1 N–H and O–H groups in total. The predicted octanol–water partition coefficient (Wildman–Crippen LogP) is 3.73. The molecule has 29 heavy (non-hydrogen) atoms. The number of hydrogen-bond acceptors (Lipinski definition) is 5. The van der Waals surface area contributed by atoms with Crippen LogP contribution in [-0.4, -0.2) is 40.6 Å². The Labute approximate surface area is 169 Å². The molecule has 2 aromatic carbocycles. The van der Waals surface area contributed by atoms with Crippen LogP contribution in [0.2, 0.25) is 0 Å². The number of carbonyl (C=O) groups is 2.